The molecule has 94 valence electrons. The third kappa shape index (κ3) is 4.13. The van der Waals surface area contributed by atoms with E-state index in [4.69, 9.17) is 4.74 Å². The molecule has 3 nitrogen and oxygen atoms in total. The van der Waals surface area contributed by atoms with Crippen molar-refractivity contribution >= 4 is 17.3 Å². The number of carbonyl (C=O) groups is 1. The van der Waals surface area contributed by atoms with Gasteiger partial charge in [-0.2, -0.15) is 11.3 Å². The van der Waals surface area contributed by atoms with Crippen LogP contribution in [0.3, 0.4) is 0 Å². The Balaban J connectivity index is 1.79. The fourth-order valence-corrected chi connectivity index (χ4v) is 2.58. The minimum atomic E-state index is -0.0801. The van der Waals surface area contributed by atoms with Crippen LogP contribution in [0.15, 0.2) is 16.8 Å². The average Bonchev–Trinajstić information content (AvgIpc) is 3.03. The van der Waals surface area contributed by atoms with Gasteiger partial charge in [-0.25, -0.2) is 0 Å². The van der Waals surface area contributed by atoms with Crippen LogP contribution in [0, 0.1) is 0 Å². The number of ether oxygens (including phenoxy) is 1. The number of hydrogen-bond donors (Lipinski definition) is 0. The monoisotopic (exact) mass is 253 g/mol. The molecular formula is C13H19NO2S. The standard InChI is InChI=1S/C13H19NO2S/c1-2-16-13(15)5-7-14(12-3-4-12)9-11-6-8-17-10-11/h6,8,10,12H,2-5,7,9H2,1H3. The van der Waals surface area contributed by atoms with Gasteiger partial charge in [0.2, 0.25) is 0 Å². The maximum atomic E-state index is 11.3. The van der Waals surface area contributed by atoms with Gasteiger partial charge in [-0.05, 0) is 42.2 Å². The van der Waals surface area contributed by atoms with E-state index in [9.17, 15) is 4.79 Å². The van der Waals surface area contributed by atoms with Crippen molar-refractivity contribution in [2.45, 2.75) is 38.8 Å². The average molecular weight is 253 g/mol. The van der Waals surface area contributed by atoms with Gasteiger partial charge >= 0.3 is 5.97 Å². The van der Waals surface area contributed by atoms with Crippen LogP contribution in [-0.4, -0.2) is 30.1 Å². The highest BCUT2D eigenvalue weighted by Crippen LogP contribution is 2.28. The second-order valence-corrected chi connectivity index (χ2v) is 5.17. The lowest BCUT2D eigenvalue weighted by atomic mass is 10.3. The molecule has 0 atom stereocenters. The lowest BCUT2D eigenvalue weighted by Gasteiger charge is -2.20. The lowest BCUT2D eigenvalue weighted by molar-refractivity contribution is -0.143. The highest BCUT2D eigenvalue weighted by molar-refractivity contribution is 7.07. The molecule has 1 aliphatic carbocycles. The predicted molar refractivity (Wildman–Crippen MR) is 69.0 cm³/mol. The smallest absolute Gasteiger partial charge is 0.307 e. The first-order valence-corrected chi connectivity index (χ1v) is 7.14. The molecule has 0 saturated heterocycles. The summed E-state index contributed by atoms with van der Waals surface area (Å²) < 4.78 is 4.96. The summed E-state index contributed by atoms with van der Waals surface area (Å²) in [6.07, 6.45) is 3.05. The Morgan fingerprint density at radius 1 is 1.59 bits per heavy atom. The fourth-order valence-electron chi connectivity index (χ4n) is 1.92. The van der Waals surface area contributed by atoms with Crippen LogP contribution in [0.2, 0.25) is 0 Å². The normalized spacial score (nSPS) is 15.2. The largest absolute Gasteiger partial charge is 0.466 e. The van der Waals surface area contributed by atoms with E-state index in [2.05, 4.69) is 21.7 Å². The summed E-state index contributed by atoms with van der Waals surface area (Å²) in [6, 6.07) is 2.84. The predicted octanol–water partition coefficient (Wildman–Crippen LogP) is 2.67. The van der Waals surface area contributed by atoms with Crippen LogP contribution in [0.25, 0.3) is 0 Å². The highest BCUT2D eigenvalue weighted by Gasteiger charge is 2.29. The van der Waals surface area contributed by atoms with Crippen molar-refractivity contribution in [2.24, 2.45) is 0 Å². The minimum absolute atomic E-state index is 0.0801. The van der Waals surface area contributed by atoms with Crippen LogP contribution >= 0.6 is 11.3 Å². The van der Waals surface area contributed by atoms with Gasteiger partial charge in [0, 0.05) is 19.1 Å². The van der Waals surface area contributed by atoms with Crippen molar-refractivity contribution in [1.82, 2.24) is 4.90 Å². The molecular weight excluding hydrogens is 234 g/mol. The molecule has 4 heteroatoms. The molecule has 0 unspecified atom stereocenters. The Bertz CT molecular complexity index is 346. The van der Waals surface area contributed by atoms with Gasteiger partial charge in [0.15, 0.2) is 0 Å². The first kappa shape index (κ1) is 12.6. The van der Waals surface area contributed by atoms with Crippen molar-refractivity contribution in [3.05, 3.63) is 22.4 Å². The van der Waals surface area contributed by atoms with E-state index in [1.54, 1.807) is 11.3 Å². The first-order chi connectivity index (χ1) is 8.29. The Morgan fingerprint density at radius 3 is 3.00 bits per heavy atom. The van der Waals surface area contributed by atoms with E-state index in [1.165, 1.54) is 18.4 Å². The summed E-state index contributed by atoms with van der Waals surface area (Å²) >= 11 is 1.73. The molecule has 1 saturated carbocycles. The first-order valence-electron chi connectivity index (χ1n) is 6.20. The van der Waals surface area contributed by atoms with Crippen molar-refractivity contribution in [3.63, 3.8) is 0 Å². The number of thiophene rings is 1. The van der Waals surface area contributed by atoms with Crippen LogP contribution < -0.4 is 0 Å². The summed E-state index contributed by atoms with van der Waals surface area (Å²) in [4.78, 5) is 13.7. The summed E-state index contributed by atoms with van der Waals surface area (Å²) in [5.74, 6) is -0.0801. The van der Waals surface area contributed by atoms with E-state index < -0.39 is 0 Å². The number of rotatable bonds is 7. The Labute approximate surface area is 106 Å². The maximum Gasteiger partial charge on any atom is 0.307 e. The molecule has 0 radical (unpaired) electrons. The Hall–Kier alpha value is -0.870. The van der Waals surface area contributed by atoms with E-state index >= 15 is 0 Å². The van der Waals surface area contributed by atoms with Crippen LogP contribution in [0.4, 0.5) is 0 Å². The summed E-state index contributed by atoms with van der Waals surface area (Å²) in [6.45, 7) is 4.11. The number of hydrogen-bond acceptors (Lipinski definition) is 4. The molecule has 1 heterocycles. The number of nitrogens with zero attached hydrogens (tertiary/aromatic N) is 1. The van der Waals surface area contributed by atoms with E-state index in [0.29, 0.717) is 19.1 Å². The molecule has 17 heavy (non-hydrogen) atoms. The molecule has 0 amide bonds. The zero-order valence-corrected chi connectivity index (χ0v) is 11.0. The molecule has 1 aromatic heterocycles. The molecule has 1 aromatic rings. The molecule has 0 aliphatic heterocycles. The van der Waals surface area contributed by atoms with Crippen LogP contribution in [0.1, 0.15) is 31.7 Å². The van der Waals surface area contributed by atoms with Crippen LogP contribution in [-0.2, 0) is 16.1 Å². The molecule has 0 N–H and O–H groups in total. The van der Waals surface area contributed by atoms with E-state index in [0.717, 1.165) is 13.1 Å². The third-order valence-corrected chi connectivity index (χ3v) is 3.67. The molecule has 1 fully saturated rings. The second kappa shape index (κ2) is 6.17. The van der Waals surface area contributed by atoms with Gasteiger partial charge < -0.3 is 4.74 Å². The summed E-state index contributed by atoms with van der Waals surface area (Å²) in [5, 5.41) is 4.28. The van der Waals surface area contributed by atoms with Crippen molar-refractivity contribution < 1.29 is 9.53 Å². The van der Waals surface area contributed by atoms with E-state index in [-0.39, 0.29) is 5.97 Å². The van der Waals surface area contributed by atoms with Gasteiger partial charge in [-0.3, -0.25) is 9.69 Å². The fraction of sp³-hybridized carbons (Fsp3) is 0.615. The lowest BCUT2D eigenvalue weighted by Crippen LogP contribution is -2.28. The van der Waals surface area contributed by atoms with Gasteiger partial charge in [0.1, 0.15) is 0 Å². The zero-order chi connectivity index (χ0) is 12.1. The number of esters is 1. The van der Waals surface area contributed by atoms with Gasteiger partial charge in [0.25, 0.3) is 0 Å². The number of carbonyl (C=O) groups excluding carboxylic acids is 1. The van der Waals surface area contributed by atoms with Gasteiger partial charge in [0.05, 0.1) is 13.0 Å². The maximum absolute atomic E-state index is 11.3. The zero-order valence-electron chi connectivity index (χ0n) is 10.2. The Kier molecular flexibility index (Phi) is 4.57. The highest BCUT2D eigenvalue weighted by atomic mass is 32.1. The van der Waals surface area contributed by atoms with Gasteiger partial charge in [-0.15, -0.1) is 0 Å². The van der Waals surface area contributed by atoms with Crippen molar-refractivity contribution in [2.75, 3.05) is 13.2 Å². The minimum Gasteiger partial charge on any atom is -0.466 e. The molecule has 2 rings (SSSR count). The summed E-state index contributed by atoms with van der Waals surface area (Å²) in [5.41, 5.74) is 1.35. The topological polar surface area (TPSA) is 29.5 Å². The van der Waals surface area contributed by atoms with Crippen molar-refractivity contribution in [3.8, 4) is 0 Å². The van der Waals surface area contributed by atoms with Gasteiger partial charge in [-0.1, -0.05) is 0 Å². The molecule has 0 aromatic carbocycles. The molecule has 0 spiro atoms. The van der Waals surface area contributed by atoms with Crippen LogP contribution in [0.5, 0.6) is 0 Å². The molecule has 1 aliphatic rings. The SMILES string of the molecule is CCOC(=O)CCN(Cc1ccsc1)C1CC1. The second-order valence-electron chi connectivity index (χ2n) is 4.39. The van der Waals surface area contributed by atoms with Crippen molar-refractivity contribution in [1.29, 1.82) is 0 Å². The summed E-state index contributed by atoms with van der Waals surface area (Å²) in [7, 11) is 0. The van der Waals surface area contributed by atoms with E-state index in [1.807, 2.05) is 6.92 Å². The Morgan fingerprint density at radius 2 is 2.41 bits per heavy atom. The third-order valence-electron chi connectivity index (χ3n) is 2.94. The quantitative estimate of drug-likeness (QED) is 0.700. The molecule has 0 bridgehead atoms.